The van der Waals surface area contributed by atoms with E-state index in [0.717, 1.165) is 35.2 Å². The molecular formula is C25H23F2N3O. The maximum absolute atomic E-state index is 13.6. The van der Waals surface area contributed by atoms with Gasteiger partial charge >= 0.3 is 0 Å². The Balaban J connectivity index is 1.85. The Morgan fingerprint density at radius 2 is 1.74 bits per heavy atom. The van der Waals surface area contributed by atoms with E-state index >= 15 is 0 Å². The molecule has 0 amide bonds. The first kappa shape index (κ1) is 20.8. The van der Waals surface area contributed by atoms with Crippen molar-refractivity contribution in [1.82, 2.24) is 4.90 Å². The molecule has 31 heavy (non-hydrogen) atoms. The highest BCUT2D eigenvalue weighted by Crippen LogP contribution is 2.43. The standard InChI is InChI=1S/C25H23F2N3O/c1-2-11-30-14-18(12-16-3-7-19(26)8-4-16)24-22(15-30)23(21(13-28)25(29)31-24)17-5-9-20(27)10-6-17/h3-10,12,23H,2,11,14-15,29H2,1H3/b18-12+. The van der Waals surface area contributed by atoms with Gasteiger partial charge in [0.15, 0.2) is 0 Å². The van der Waals surface area contributed by atoms with Crippen molar-refractivity contribution in [3.05, 3.63) is 99.7 Å². The van der Waals surface area contributed by atoms with Crippen molar-refractivity contribution < 1.29 is 13.5 Å². The molecule has 0 saturated carbocycles. The van der Waals surface area contributed by atoms with Crippen LogP contribution in [0.25, 0.3) is 6.08 Å². The lowest BCUT2D eigenvalue weighted by atomic mass is 9.80. The van der Waals surface area contributed by atoms with Crippen molar-refractivity contribution in [3.63, 3.8) is 0 Å². The Morgan fingerprint density at radius 1 is 1.10 bits per heavy atom. The molecule has 0 radical (unpaired) electrons. The molecule has 0 aliphatic carbocycles. The zero-order chi connectivity index (χ0) is 22.0. The second-order valence-corrected chi connectivity index (χ2v) is 7.76. The summed E-state index contributed by atoms with van der Waals surface area (Å²) in [4.78, 5) is 2.28. The van der Waals surface area contributed by atoms with Crippen LogP contribution in [0.3, 0.4) is 0 Å². The number of hydrogen-bond donors (Lipinski definition) is 1. The third-order valence-corrected chi connectivity index (χ3v) is 5.56. The van der Waals surface area contributed by atoms with E-state index in [9.17, 15) is 14.0 Å². The van der Waals surface area contributed by atoms with Gasteiger partial charge in [0.25, 0.3) is 0 Å². The lowest BCUT2D eigenvalue weighted by Gasteiger charge is -2.38. The van der Waals surface area contributed by atoms with E-state index in [2.05, 4.69) is 17.9 Å². The van der Waals surface area contributed by atoms with Crippen molar-refractivity contribution in [2.75, 3.05) is 19.6 Å². The van der Waals surface area contributed by atoms with Crippen LogP contribution in [-0.4, -0.2) is 24.5 Å². The van der Waals surface area contributed by atoms with Crippen LogP contribution in [0.15, 0.2) is 76.9 Å². The van der Waals surface area contributed by atoms with Crippen LogP contribution >= 0.6 is 0 Å². The summed E-state index contributed by atoms with van der Waals surface area (Å²) in [7, 11) is 0. The van der Waals surface area contributed by atoms with Gasteiger partial charge in [-0.2, -0.15) is 5.26 Å². The van der Waals surface area contributed by atoms with Gasteiger partial charge in [0, 0.05) is 18.7 Å². The number of hydrogen-bond acceptors (Lipinski definition) is 4. The number of benzene rings is 2. The van der Waals surface area contributed by atoms with E-state index in [4.69, 9.17) is 10.5 Å². The quantitative estimate of drug-likeness (QED) is 0.771. The fourth-order valence-electron chi connectivity index (χ4n) is 4.21. The molecule has 2 aromatic carbocycles. The molecule has 2 heterocycles. The van der Waals surface area contributed by atoms with Crippen molar-refractivity contribution >= 4 is 6.08 Å². The molecule has 2 aliphatic heterocycles. The predicted octanol–water partition coefficient (Wildman–Crippen LogP) is 4.84. The molecule has 0 saturated heterocycles. The Kier molecular flexibility index (Phi) is 5.88. The number of nitrogens with two attached hydrogens (primary N) is 1. The highest BCUT2D eigenvalue weighted by atomic mass is 19.1. The Morgan fingerprint density at radius 3 is 2.35 bits per heavy atom. The third kappa shape index (κ3) is 4.23. The van der Waals surface area contributed by atoms with Gasteiger partial charge in [0.2, 0.25) is 5.88 Å². The molecular weight excluding hydrogens is 396 g/mol. The van der Waals surface area contributed by atoms with Crippen LogP contribution < -0.4 is 5.73 Å². The monoisotopic (exact) mass is 419 g/mol. The summed E-state index contributed by atoms with van der Waals surface area (Å²) in [6.45, 7) is 4.25. The van der Waals surface area contributed by atoms with Crippen LogP contribution in [0, 0.1) is 23.0 Å². The van der Waals surface area contributed by atoms with Crippen molar-refractivity contribution in [2.45, 2.75) is 19.3 Å². The molecule has 6 heteroatoms. The molecule has 4 nitrogen and oxygen atoms in total. The minimum atomic E-state index is -0.411. The average Bonchev–Trinajstić information content (AvgIpc) is 2.76. The largest absolute Gasteiger partial charge is 0.440 e. The molecule has 2 aliphatic rings. The minimum absolute atomic E-state index is 0.0597. The van der Waals surface area contributed by atoms with E-state index in [1.54, 1.807) is 24.3 Å². The number of allylic oxidation sites excluding steroid dienone is 1. The summed E-state index contributed by atoms with van der Waals surface area (Å²) in [5, 5.41) is 9.81. The predicted molar refractivity (Wildman–Crippen MR) is 115 cm³/mol. The first-order valence-electron chi connectivity index (χ1n) is 10.2. The molecule has 0 bridgehead atoms. The van der Waals surface area contributed by atoms with Crippen LogP contribution in [0.2, 0.25) is 0 Å². The Hall–Kier alpha value is -3.43. The summed E-state index contributed by atoms with van der Waals surface area (Å²) in [5.41, 5.74) is 9.95. The third-order valence-electron chi connectivity index (χ3n) is 5.56. The summed E-state index contributed by atoms with van der Waals surface area (Å²) < 4.78 is 32.9. The maximum Gasteiger partial charge on any atom is 0.205 e. The van der Waals surface area contributed by atoms with Crippen molar-refractivity contribution in [3.8, 4) is 6.07 Å². The van der Waals surface area contributed by atoms with Gasteiger partial charge in [0.1, 0.15) is 29.0 Å². The average molecular weight is 419 g/mol. The molecule has 0 aromatic heterocycles. The Labute approximate surface area is 180 Å². The molecule has 2 aromatic rings. The number of halogens is 2. The van der Waals surface area contributed by atoms with Gasteiger partial charge in [-0.1, -0.05) is 31.2 Å². The van der Waals surface area contributed by atoms with Gasteiger partial charge in [0.05, 0.1) is 5.92 Å². The number of nitriles is 1. The van der Waals surface area contributed by atoms with Gasteiger partial charge in [-0.25, -0.2) is 8.78 Å². The molecule has 1 unspecified atom stereocenters. The minimum Gasteiger partial charge on any atom is -0.440 e. The van der Waals surface area contributed by atoms with E-state index in [0.29, 0.717) is 24.4 Å². The summed E-state index contributed by atoms with van der Waals surface area (Å²) in [6, 6.07) is 14.6. The van der Waals surface area contributed by atoms with E-state index in [1.807, 2.05) is 6.08 Å². The molecule has 1 atom stereocenters. The highest BCUT2D eigenvalue weighted by Gasteiger charge is 2.37. The SMILES string of the molecule is CCCN1CC2=C(OC(N)=C(C#N)C2c2ccc(F)cc2)/C(=C/c2ccc(F)cc2)C1. The number of rotatable bonds is 4. The molecule has 0 spiro atoms. The second-order valence-electron chi connectivity index (χ2n) is 7.76. The van der Waals surface area contributed by atoms with E-state index < -0.39 is 5.92 Å². The molecule has 2 N–H and O–H groups in total. The van der Waals surface area contributed by atoms with Crippen molar-refractivity contribution in [2.24, 2.45) is 5.73 Å². The van der Waals surface area contributed by atoms with Crippen LogP contribution in [0.1, 0.15) is 30.4 Å². The smallest absolute Gasteiger partial charge is 0.205 e. The lowest BCUT2D eigenvalue weighted by molar-refractivity contribution is 0.234. The van der Waals surface area contributed by atoms with Crippen LogP contribution in [0.5, 0.6) is 0 Å². The second kappa shape index (κ2) is 8.75. The molecule has 0 fully saturated rings. The topological polar surface area (TPSA) is 62.3 Å². The Bertz CT molecular complexity index is 1110. The lowest BCUT2D eigenvalue weighted by Crippen LogP contribution is -2.38. The zero-order valence-corrected chi connectivity index (χ0v) is 17.2. The molecule has 158 valence electrons. The number of ether oxygens (including phenoxy) is 1. The maximum atomic E-state index is 13.6. The van der Waals surface area contributed by atoms with E-state index in [-0.39, 0.29) is 17.5 Å². The summed E-state index contributed by atoms with van der Waals surface area (Å²) in [5.74, 6) is -0.347. The zero-order valence-electron chi connectivity index (χ0n) is 17.2. The van der Waals surface area contributed by atoms with Crippen LogP contribution in [0.4, 0.5) is 8.78 Å². The van der Waals surface area contributed by atoms with Crippen molar-refractivity contribution in [1.29, 1.82) is 5.26 Å². The highest BCUT2D eigenvalue weighted by molar-refractivity contribution is 5.63. The fraction of sp³-hybridized carbons (Fsp3) is 0.240. The number of nitrogens with zero attached hydrogens (tertiary/aromatic N) is 2. The summed E-state index contributed by atoms with van der Waals surface area (Å²) in [6.07, 6.45) is 2.93. The van der Waals surface area contributed by atoms with Gasteiger partial charge in [-0.15, -0.1) is 0 Å². The first-order chi connectivity index (χ1) is 15.0. The normalized spacial score (nSPS) is 20.5. The van der Waals surface area contributed by atoms with E-state index in [1.165, 1.54) is 24.3 Å². The first-order valence-corrected chi connectivity index (χ1v) is 10.2. The fourth-order valence-corrected chi connectivity index (χ4v) is 4.21. The van der Waals surface area contributed by atoms with Gasteiger partial charge in [-0.3, -0.25) is 4.90 Å². The van der Waals surface area contributed by atoms with Gasteiger partial charge < -0.3 is 10.5 Å². The molecule has 4 rings (SSSR count). The van der Waals surface area contributed by atoms with Gasteiger partial charge in [-0.05, 0) is 60.0 Å². The summed E-state index contributed by atoms with van der Waals surface area (Å²) >= 11 is 0. The van der Waals surface area contributed by atoms with Crippen LogP contribution in [-0.2, 0) is 4.74 Å².